The van der Waals surface area contributed by atoms with E-state index in [-0.39, 0.29) is 12.0 Å². The van der Waals surface area contributed by atoms with E-state index in [0.29, 0.717) is 29.6 Å². The molecule has 3 rings (SSSR count). The lowest BCUT2D eigenvalue weighted by molar-refractivity contribution is -0.127. The smallest absolute Gasteiger partial charge is 0.246 e. The van der Waals surface area contributed by atoms with Gasteiger partial charge in [0.1, 0.15) is 22.6 Å². The summed E-state index contributed by atoms with van der Waals surface area (Å²) in [5.41, 5.74) is 0. The zero-order valence-corrected chi connectivity index (χ0v) is 13.3. The quantitative estimate of drug-likeness (QED) is 0.805. The van der Waals surface area contributed by atoms with Crippen molar-refractivity contribution in [1.82, 2.24) is 9.88 Å². The van der Waals surface area contributed by atoms with Crippen LogP contribution in [0.3, 0.4) is 0 Å². The Morgan fingerprint density at radius 2 is 2.22 bits per heavy atom. The van der Waals surface area contributed by atoms with Gasteiger partial charge in [-0.2, -0.15) is 0 Å². The normalized spacial score (nSPS) is 16.0. The van der Waals surface area contributed by atoms with E-state index in [4.69, 9.17) is 20.8 Å². The molecule has 2 aromatic rings. The van der Waals surface area contributed by atoms with Crippen LogP contribution >= 0.6 is 11.6 Å². The second-order valence-corrected chi connectivity index (χ2v) is 5.70. The van der Waals surface area contributed by atoms with Gasteiger partial charge in [-0.25, -0.2) is 0 Å². The molecule has 5 nitrogen and oxygen atoms in total. The van der Waals surface area contributed by atoms with Crippen molar-refractivity contribution in [3.63, 3.8) is 0 Å². The molecule has 2 aromatic heterocycles. The number of halogens is 1. The molecule has 0 aliphatic carbocycles. The van der Waals surface area contributed by atoms with Gasteiger partial charge in [-0.15, -0.1) is 0 Å². The van der Waals surface area contributed by atoms with Crippen molar-refractivity contribution < 1.29 is 13.9 Å². The fraction of sp³-hybridized carbons (Fsp3) is 0.294. The number of piperidine rings is 1. The Bertz CT molecular complexity index is 677. The topological polar surface area (TPSA) is 55.6 Å². The maximum absolute atomic E-state index is 12.1. The van der Waals surface area contributed by atoms with Crippen LogP contribution < -0.4 is 4.74 Å². The number of hydrogen-bond acceptors (Lipinski definition) is 4. The van der Waals surface area contributed by atoms with Crippen LogP contribution in [0.5, 0.6) is 5.75 Å². The molecular weight excluding hydrogens is 316 g/mol. The molecule has 0 aromatic carbocycles. The number of ether oxygens (including phenoxy) is 1. The van der Waals surface area contributed by atoms with Gasteiger partial charge in [0, 0.05) is 50.5 Å². The number of amides is 1. The summed E-state index contributed by atoms with van der Waals surface area (Å²) in [6.07, 6.45) is 9.64. The lowest BCUT2D eigenvalue weighted by atomic mass is 10.1. The van der Waals surface area contributed by atoms with E-state index in [0.717, 1.165) is 12.8 Å². The zero-order chi connectivity index (χ0) is 16.1. The second kappa shape index (κ2) is 7.33. The van der Waals surface area contributed by atoms with Gasteiger partial charge in [-0.05, 0) is 18.2 Å². The molecule has 0 N–H and O–H groups in total. The average molecular weight is 333 g/mol. The number of nitrogens with zero attached hydrogens (tertiary/aromatic N) is 2. The van der Waals surface area contributed by atoms with Crippen LogP contribution in [0.2, 0.25) is 5.02 Å². The largest absolute Gasteiger partial charge is 0.489 e. The van der Waals surface area contributed by atoms with Crippen molar-refractivity contribution in [2.24, 2.45) is 0 Å². The Hall–Kier alpha value is -2.27. The number of aromatic nitrogens is 1. The van der Waals surface area contributed by atoms with Crippen LogP contribution in [0.15, 0.2) is 47.3 Å². The highest BCUT2D eigenvalue weighted by molar-refractivity contribution is 6.31. The minimum absolute atomic E-state index is 0.0122. The zero-order valence-electron chi connectivity index (χ0n) is 12.5. The summed E-state index contributed by atoms with van der Waals surface area (Å²) in [7, 11) is 0. The fourth-order valence-corrected chi connectivity index (χ4v) is 2.64. The van der Waals surface area contributed by atoms with E-state index in [9.17, 15) is 4.79 Å². The van der Waals surface area contributed by atoms with Crippen molar-refractivity contribution in [2.75, 3.05) is 13.1 Å². The minimum atomic E-state index is -0.0122. The van der Waals surface area contributed by atoms with E-state index < -0.39 is 0 Å². The highest BCUT2D eigenvalue weighted by atomic mass is 35.5. The molecule has 0 atom stereocenters. The number of pyridine rings is 1. The van der Waals surface area contributed by atoms with Crippen molar-refractivity contribution in [3.05, 3.63) is 53.7 Å². The Labute approximate surface area is 139 Å². The number of carbonyl (C=O) groups excluding carboxylic acids is 1. The van der Waals surface area contributed by atoms with E-state index in [2.05, 4.69) is 4.98 Å². The monoisotopic (exact) mass is 332 g/mol. The van der Waals surface area contributed by atoms with E-state index in [1.165, 1.54) is 0 Å². The summed E-state index contributed by atoms with van der Waals surface area (Å²) in [6.45, 7) is 1.32. The summed E-state index contributed by atoms with van der Waals surface area (Å²) in [6, 6.07) is 5.35. The molecule has 1 amide bonds. The molecule has 1 fully saturated rings. The SMILES string of the molecule is O=C(/C=C/c1ccco1)N1CCC(Oc2ccncc2Cl)CC1. The van der Waals surface area contributed by atoms with Crippen molar-refractivity contribution >= 4 is 23.6 Å². The van der Waals surface area contributed by atoms with E-state index in [1.807, 2.05) is 11.0 Å². The lowest BCUT2D eigenvalue weighted by Crippen LogP contribution is -2.41. The molecule has 3 heterocycles. The Morgan fingerprint density at radius 3 is 2.91 bits per heavy atom. The van der Waals surface area contributed by atoms with E-state index in [1.54, 1.807) is 42.9 Å². The Balaban J connectivity index is 1.50. The van der Waals surface area contributed by atoms with E-state index >= 15 is 0 Å². The van der Waals surface area contributed by atoms with Gasteiger partial charge in [0.25, 0.3) is 0 Å². The number of carbonyl (C=O) groups is 1. The first-order valence-corrected chi connectivity index (χ1v) is 7.87. The van der Waals surface area contributed by atoms with Crippen molar-refractivity contribution in [2.45, 2.75) is 18.9 Å². The maximum Gasteiger partial charge on any atom is 0.246 e. The first kappa shape index (κ1) is 15.6. The average Bonchev–Trinajstić information content (AvgIpc) is 3.09. The molecule has 1 saturated heterocycles. The molecule has 0 spiro atoms. The van der Waals surface area contributed by atoms with Crippen LogP contribution in [-0.2, 0) is 4.79 Å². The number of hydrogen-bond donors (Lipinski definition) is 0. The number of likely N-dealkylation sites (tertiary alicyclic amines) is 1. The summed E-state index contributed by atoms with van der Waals surface area (Å²) >= 11 is 6.04. The van der Waals surface area contributed by atoms with Gasteiger partial charge < -0.3 is 14.1 Å². The maximum atomic E-state index is 12.1. The van der Waals surface area contributed by atoms with Gasteiger partial charge in [0.15, 0.2) is 0 Å². The molecule has 0 bridgehead atoms. The van der Waals surface area contributed by atoms with Gasteiger partial charge in [-0.3, -0.25) is 9.78 Å². The molecule has 6 heteroatoms. The lowest BCUT2D eigenvalue weighted by Gasteiger charge is -2.31. The fourth-order valence-electron chi connectivity index (χ4n) is 2.48. The van der Waals surface area contributed by atoms with Crippen LogP contribution in [0.25, 0.3) is 6.08 Å². The highest BCUT2D eigenvalue weighted by Crippen LogP contribution is 2.26. The molecule has 23 heavy (non-hydrogen) atoms. The molecule has 0 radical (unpaired) electrons. The first-order chi connectivity index (χ1) is 11.2. The third kappa shape index (κ3) is 4.13. The van der Waals surface area contributed by atoms with Gasteiger partial charge in [0.2, 0.25) is 5.91 Å². The van der Waals surface area contributed by atoms with Crippen LogP contribution in [0.1, 0.15) is 18.6 Å². The van der Waals surface area contributed by atoms with Crippen molar-refractivity contribution in [3.8, 4) is 5.75 Å². The third-order valence-electron chi connectivity index (χ3n) is 3.72. The number of furan rings is 1. The molecule has 1 aliphatic rings. The molecule has 0 unspecified atom stereocenters. The summed E-state index contributed by atoms with van der Waals surface area (Å²) < 4.78 is 11.1. The Morgan fingerprint density at radius 1 is 1.39 bits per heavy atom. The van der Waals surface area contributed by atoms with Gasteiger partial charge in [0.05, 0.1) is 6.26 Å². The summed E-state index contributed by atoms with van der Waals surface area (Å²) in [4.78, 5) is 17.9. The van der Waals surface area contributed by atoms with Crippen LogP contribution in [0.4, 0.5) is 0 Å². The molecule has 1 aliphatic heterocycles. The minimum Gasteiger partial charge on any atom is -0.489 e. The van der Waals surface area contributed by atoms with Crippen molar-refractivity contribution in [1.29, 1.82) is 0 Å². The summed E-state index contributed by atoms with van der Waals surface area (Å²) in [5.74, 6) is 1.30. The van der Waals surface area contributed by atoms with Gasteiger partial charge in [-0.1, -0.05) is 11.6 Å². The predicted molar refractivity (Wildman–Crippen MR) is 87.2 cm³/mol. The first-order valence-electron chi connectivity index (χ1n) is 7.49. The predicted octanol–water partition coefficient (Wildman–Crippen LogP) is 3.41. The van der Waals surface area contributed by atoms with Gasteiger partial charge >= 0.3 is 0 Å². The molecule has 120 valence electrons. The Kier molecular flexibility index (Phi) is 4.98. The standard InChI is InChI=1S/C17H17ClN2O3/c18-15-12-19-8-5-16(15)23-14-6-9-20(10-7-14)17(21)4-3-13-2-1-11-22-13/h1-5,8,11-12,14H,6-7,9-10H2/b4-3+. The van der Waals surface area contributed by atoms with Crippen LogP contribution in [0, 0.1) is 0 Å². The third-order valence-corrected chi connectivity index (χ3v) is 4.00. The highest BCUT2D eigenvalue weighted by Gasteiger charge is 2.23. The van der Waals surface area contributed by atoms with Crippen LogP contribution in [-0.4, -0.2) is 35.0 Å². The molecular formula is C17H17ClN2O3. The summed E-state index contributed by atoms with van der Waals surface area (Å²) in [5, 5.41) is 0.507. The second-order valence-electron chi connectivity index (χ2n) is 5.30. The number of rotatable bonds is 4. The molecule has 0 saturated carbocycles.